The number of hydrogen-bond acceptors (Lipinski definition) is 3. The van der Waals surface area contributed by atoms with Gasteiger partial charge in [0.1, 0.15) is 0 Å². The zero-order valence-corrected chi connectivity index (χ0v) is 11.1. The Labute approximate surface area is 104 Å². The maximum atomic E-state index is 12.3. The van der Waals surface area contributed by atoms with Gasteiger partial charge in [-0.15, -0.1) is 0 Å². The standard InChI is InChI=1S/C13H25N3O/c1-11(2)15-6-3-7-16(9-8-15)13(17)12-4-5-14-10-12/h11-12,14H,3-10H2,1-2H3/t12-/m0/s1. The van der Waals surface area contributed by atoms with Crippen LogP contribution in [0.3, 0.4) is 0 Å². The molecule has 2 aliphatic rings. The summed E-state index contributed by atoms with van der Waals surface area (Å²) in [6.45, 7) is 10.4. The second-order valence-electron chi connectivity index (χ2n) is 5.50. The van der Waals surface area contributed by atoms with E-state index in [4.69, 9.17) is 0 Å². The molecule has 2 fully saturated rings. The quantitative estimate of drug-likeness (QED) is 0.764. The summed E-state index contributed by atoms with van der Waals surface area (Å²) in [4.78, 5) is 16.9. The van der Waals surface area contributed by atoms with Crippen molar-refractivity contribution in [3.63, 3.8) is 0 Å². The number of carbonyl (C=O) groups excluding carboxylic acids is 1. The van der Waals surface area contributed by atoms with Crippen LogP contribution in [-0.4, -0.2) is 61.0 Å². The third-order valence-electron chi connectivity index (χ3n) is 3.98. The molecule has 98 valence electrons. The molecule has 0 unspecified atom stereocenters. The molecule has 0 aromatic rings. The van der Waals surface area contributed by atoms with Gasteiger partial charge in [-0.2, -0.15) is 0 Å². The van der Waals surface area contributed by atoms with Crippen molar-refractivity contribution < 1.29 is 4.79 Å². The van der Waals surface area contributed by atoms with E-state index in [1.807, 2.05) is 0 Å². The summed E-state index contributed by atoms with van der Waals surface area (Å²) in [7, 11) is 0. The third kappa shape index (κ3) is 3.19. The molecule has 2 heterocycles. The zero-order chi connectivity index (χ0) is 12.3. The lowest BCUT2D eigenvalue weighted by atomic mass is 10.1. The molecule has 0 aromatic carbocycles. The number of carbonyl (C=O) groups is 1. The van der Waals surface area contributed by atoms with Gasteiger partial charge in [-0.1, -0.05) is 0 Å². The molecule has 0 radical (unpaired) electrons. The van der Waals surface area contributed by atoms with E-state index in [-0.39, 0.29) is 5.92 Å². The van der Waals surface area contributed by atoms with Gasteiger partial charge in [0.15, 0.2) is 0 Å². The highest BCUT2D eigenvalue weighted by atomic mass is 16.2. The van der Waals surface area contributed by atoms with E-state index >= 15 is 0 Å². The van der Waals surface area contributed by atoms with Gasteiger partial charge >= 0.3 is 0 Å². The van der Waals surface area contributed by atoms with Crippen LogP contribution in [0.4, 0.5) is 0 Å². The van der Waals surface area contributed by atoms with Crippen LogP contribution in [0.2, 0.25) is 0 Å². The highest BCUT2D eigenvalue weighted by Gasteiger charge is 2.28. The average Bonchev–Trinajstić information content (AvgIpc) is 2.71. The largest absolute Gasteiger partial charge is 0.341 e. The van der Waals surface area contributed by atoms with Gasteiger partial charge in [-0.05, 0) is 33.2 Å². The van der Waals surface area contributed by atoms with E-state index < -0.39 is 0 Å². The minimum Gasteiger partial charge on any atom is -0.341 e. The summed E-state index contributed by atoms with van der Waals surface area (Å²) in [5.41, 5.74) is 0. The Morgan fingerprint density at radius 1 is 1.24 bits per heavy atom. The molecule has 0 aliphatic carbocycles. The smallest absolute Gasteiger partial charge is 0.227 e. The summed E-state index contributed by atoms with van der Waals surface area (Å²) >= 11 is 0. The first-order valence-corrected chi connectivity index (χ1v) is 6.92. The number of nitrogens with zero attached hydrogens (tertiary/aromatic N) is 2. The van der Waals surface area contributed by atoms with Crippen LogP contribution in [0, 0.1) is 5.92 Å². The molecule has 0 bridgehead atoms. The Hall–Kier alpha value is -0.610. The SMILES string of the molecule is CC(C)N1CCCN(C(=O)[C@H]2CCNC2)CC1. The number of rotatable bonds is 2. The van der Waals surface area contributed by atoms with Crippen LogP contribution in [0.1, 0.15) is 26.7 Å². The summed E-state index contributed by atoms with van der Waals surface area (Å²) in [5, 5.41) is 3.28. The minimum atomic E-state index is 0.237. The Morgan fingerprint density at radius 3 is 2.71 bits per heavy atom. The highest BCUT2D eigenvalue weighted by Crippen LogP contribution is 2.14. The fourth-order valence-electron chi connectivity index (χ4n) is 2.80. The van der Waals surface area contributed by atoms with Crippen molar-refractivity contribution in [1.29, 1.82) is 0 Å². The fraction of sp³-hybridized carbons (Fsp3) is 0.923. The molecule has 1 N–H and O–H groups in total. The summed E-state index contributed by atoms with van der Waals surface area (Å²) in [5.74, 6) is 0.612. The van der Waals surface area contributed by atoms with Gasteiger partial charge in [0.25, 0.3) is 0 Å². The topological polar surface area (TPSA) is 35.6 Å². The van der Waals surface area contributed by atoms with Crippen molar-refractivity contribution >= 4 is 5.91 Å². The molecule has 4 nitrogen and oxygen atoms in total. The molecule has 2 rings (SSSR count). The predicted octanol–water partition coefficient (Wildman–Crippen LogP) is 0.539. The minimum absolute atomic E-state index is 0.237. The lowest BCUT2D eigenvalue weighted by Crippen LogP contribution is -2.40. The second-order valence-corrected chi connectivity index (χ2v) is 5.50. The molecule has 17 heavy (non-hydrogen) atoms. The molecular formula is C13H25N3O. The van der Waals surface area contributed by atoms with E-state index in [0.29, 0.717) is 11.9 Å². The molecule has 1 atom stereocenters. The maximum Gasteiger partial charge on any atom is 0.227 e. The predicted molar refractivity (Wildman–Crippen MR) is 68.9 cm³/mol. The van der Waals surface area contributed by atoms with Crippen LogP contribution < -0.4 is 5.32 Å². The van der Waals surface area contributed by atoms with Gasteiger partial charge < -0.3 is 10.2 Å². The van der Waals surface area contributed by atoms with Crippen molar-refractivity contribution in [2.24, 2.45) is 5.92 Å². The van der Waals surface area contributed by atoms with Crippen LogP contribution in [-0.2, 0) is 4.79 Å². The fourth-order valence-corrected chi connectivity index (χ4v) is 2.80. The highest BCUT2D eigenvalue weighted by molar-refractivity contribution is 5.79. The summed E-state index contributed by atoms with van der Waals surface area (Å²) < 4.78 is 0. The van der Waals surface area contributed by atoms with E-state index in [0.717, 1.165) is 52.1 Å². The normalized spacial score (nSPS) is 27.5. The Morgan fingerprint density at radius 2 is 2.06 bits per heavy atom. The molecule has 2 aliphatic heterocycles. The number of hydrogen-bond donors (Lipinski definition) is 1. The molecule has 1 amide bonds. The monoisotopic (exact) mass is 239 g/mol. The molecule has 0 saturated carbocycles. The first-order chi connectivity index (χ1) is 8.18. The summed E-state index contributed by atoms with van der Waals surface area (Å²) in [6, 6.07) is 0.596. The van der Waals surface area contributed by atoms with Crippen molar-refractivity contribution in [2.75, 3.05) is 39.3 Å². The second kappa shape index (κ2) is 5.83. The van der Waals surface area contributed by atoms with Crippen molar-refractivity contribution in [3.05, 3.63) is 0 Å². The Bertz CT molecular complexity index is 261. The Balaban J connectivity index is 1.87. The Kier molecular flexibility index (Phi) is 4.40. The van der Waals surface area contributed by atoms with Crippen LogP contribution in [0.15, 0.2) is 0 Å². The number of amides is 1. The van der Waals surface area contributed by atoms with Gasteiger partial charge in [-0.3, -0.25) is 9.69 Å². The third-order valence-corrected chi connectivity index (χ3v) is 3.98. The van der Waals surface area contributed by atoms with E-state index in [2.05, 4.69) is 29.0 Å². The van der Waals surface area contributed by atoms with Crippen LogP contribution >= 0.6 is 0 Å². The average molecular weight is 239 g/mol. The van der Waals surface area contributed by atoms with Gasteiger partial charge in [-0.25, -0.2) is 0 Å². The lowest BCUT2D eigenvalue weighted by molar-refractivity contribution is -0.134. The molecular weight excluding hydrogens is 214 g/mol. The van der Waals surface area contributed by atoms with Gasteiger partial charge in [0.2, 0.25) is 5.91 Å². The molecule has 0 aromatic heterocycles. The first kappa shape index (κ1) is 12.8. The summed E-state index contributed by atoms with van der Waals surface area (Å²) in [6.07, 6.45) is 2.13. The first-order valence-electron chi connectivity index (χ1n) is 6.92. The zero-order valence-electron chi connectivity index (χ0n) is 11.1. The van der Waals surface area contributed by atoms with Crippen LogP contribution in [0.25, 0.3) is 0 Å². The van der Waals surface area contributed by atoms with E-state index in [1.54, 1.807) is 0 Å². The van der Waals surface area contributed by atoms with Gasteiger partial charge in [0.05, 0.1) is 5.92 Å². The molecule has 0 spiro atoms. The number of nitrogens with one attached hydrogen (secondary N) is 1. The molecule has 2 saturated heterocycles. The van der Waals surface area contributed by atoms with Crippen LogP contribution in [0.5, 0.6) is 0 Å². The van der Waals surface area contributed by atoms with E-state index in [9.17, 15) is 4.79 Å². The maximum absolute atomic E-state index is 12.3. The van der Waals surface area contributed by atoms with Gasteiger partial charge in [0, 0.05) is 38.8 Å². The van der Waals surface area contributed by atoms with Crippen molar-refractivity contribution in [2.45, 2.75) is 32.7 Å². The lowest BCUT2D eigenvalue weighted by Gasteiger charge is -2.26. The van der Waals surface area contributed by atoms with Crippen molar-refractivity contribution in [1.82, 2.24) is 15.1 Å². The molecule has 4 heteroatoms. The van der Waals surface area contributed by atoms with E-state index in [1.165, 1.54) is 0 Å². The van der Waals surface area contributed by atoms with Crippen molar-refractivity contribution in [3.8, 4) is 0 Å².